The van der Waals surface area contributed by atoms with Gasteiger partial charge in [-0.05, 0) is 45.9 Å². The molecule has 0 unspecified atom stereocenters. The Morgan fingerprint density at radius 3 is 2.28 bits per heavy atom. The molecule has 18 heavy (non-hydrogen) atoms. The highest BCUT2D eigenvalue weighted by atomic mass is 19.1. The van der Waals surface area contributed by atoms with Crippen LogP contribution in [0.3, 0.4) is 0 Å². The van der Waals surface area contributed by atoms with E-state index < -0.39 is 11.0 Å². The average molecular weight is 252 g/mol. The smallest absolute Gasteiger partial charge is 0.234 e. The first-order chi connectivity index (χ1) is 8.07. The van der Waals surface area contributed by atoms with E-state index in [-0.39, 0.29) is 11.7 Å². The summed E-state index contributed by atoms with van der Waals surface area (Å²) in [6.07, 6.45) is 0. The Labute approximate surface area is 108 Å². The van der Waals surface area contributed by atoms with Gasteiger partial charge in [0, 0.05) is 18.3 Å². The predicted octanol–water partition coefficient (Wildman–Crippen LogP) is 2.55. The van der Waals surface area contributed by atoms with E-state index in [1.807, 2.05) is 13.8 Å². The average Bonchev–Trinajstić information content (AvgIpc) is 2.25. The van der Waals surface area contributed by atoms with Crippen molar-refractivity contribution < 1.29 is 9.18 Å². The van der Waals surface area contributed by atoms with Gasteiger partial charge in [0.2, 0.25) is 5.91 Å². The van der Waals surface area contributed by atoms with Crippen molar-refractivity contribution in [3.8, 4) is 0 Å². The van der Waals surface area contributed by atoms with Gasteiger partial charge < -0.3 is 10.6 Å². The number of halogens is 1. The van der Waals surface area contributed by atoms with Crippen LogP contribution in [0, 0.1) is 11.2 Å². The Kier molecular flexibility index (Phi) is 3.81. The van der Waals surface area contributed by atoms with Crippen molar-refractivity contribution in [2.24, 2.45) is 11.1 Å². The molecule has 1 aromatic rings. The predicted molar refractivity (Wildman–Crippen MR) is 71.9 cm³/mol. The van der Waals surface area contributed by atoms with Crippen LogP contribution in [0.25, 0.3) is 0 Å². The Morgan fingerprint density at radius 2 is 1.83 bits per heavy atom. The molecule has 3 nitrogen and oxygen atoms in total. The fourth-order valence-corrected chi connectivity index (χ4v) is 1.50. The molecule has 0 aliphatic carbocycles. The first-order valence-electron chi connectivity index (χ1n) is 5.90. The minimum atomic E-state index is -0.742. The zero-order chi connectivity index (χ0) is 14.1. The second-order valence-electron chi connectivity index (χ2n) is 5.69. The first-order valence-corrected chi connectivity index (χ1v) is 5.90. The molecule has 100 valence electrons. The molecule has 0 saturated carbocycles. The summed E-state index contributed by atoms with van der Waals surface area (Å²) in [5.74, 6) is -0.502. The van der Waals surface area contributed by atoms with Crippen LogP contribution in [-0.4, -0.2) is 18.5 Å². The van der Waals surface area contributed by atoms with Gasteiger partial charge in [0.1, 0.15) is 5.82 Å². The summed E-state index contributed by atoms with van der Waals surface area (Å²) in [4.78, 5) is 13.9. The van der Waals surface area contributed by atoms with Gasteiger partial charge in [0.05, 0.1) is 5.41 Å². The van der Waals surface area contributed by atoms with Crippen LogP contribution in [0.5, 0.6) is 0 Å². The summed E-state index contributed by atoms with van der Waals surface area (Å²) in [5.41, 5.74) is 5.16. The van der Waals surface area contributed by atoms with Crippen LogP contribution < -0.4 is 10.6 Å². The van der Waals surface area contributed by atoms with Gasteiger partial charge in [-0.25, -0.2) is 4.39 Å². The zero-order valence-electron chi connectivity index (χ0n) is 11.6. The van der Waals surface area contributed by atoms with Crippen molar-refractivity contribution in [2.75, 3.05) is 11.9 Å². The summed E-state index contributed by atoms with van der Waals surface area (Å²) in [6, 6.07) is 5.95. The maximum absolute atomic E-state index is 13.2. The van der Waals surface area contributed by atoms with E-state index in [1.54, 1.807) is 33.0 Å². The van der Waals surface area contributed by atoms with E-state index >= 15 is 0 Å². The van der Waals surface area contributed by atoms with Crippen LogP contribution in [0.15, 0.2) is 24.3 Å². The van der Waals surface area contributed by atoms with Crippen LogP contribution >= 0.6 is 0 Å². The second kappa shape index (κ2) is 4.69. The number of hydrogen-bond acceptors (Lipinski definition) is 2. The highest BCUT2D eigenvalue weighted by Crippen LogP contribution is 2.31. The van der Waals surface area contributed by atoms with E-state index in [1.165, 1.54) is 17.0 Å². The maximum Gasteiger partial charge on any atom is 0.234 e. The molecule has 1 aromatic carbocycles. The van der Waals surface area contributed by atoms with Crippen molar-refractivity contribution in [1.82, 2.24) is 0 Å². The molecule has 0 atom stereocenters. The van der Waals surface area contributed by atoms with Gasteiger partial charge in [0.15, 0.2) is 0 Å². The molecular formula is C14H21FN2O. The molecule has 0 spiro atoms. The summed E-state index contributed by atoms with van der Waals surface area (Å²) in [5, 5.41) is 0. The number of benzene rings is 1. The third-order valence-corrected chi connectivity index (χ3v) is 3.65. The molecule has 0 aromatic heterocycles. The van der Waals surface area contributed by atoms with E-state index in [9.17, 15) is 9.18 Å². The highest BCUT2D eigenvalue weighted by Gasteiger charge is 2.42. The topological polar surface area (TPSA) is 46.3 Å². The number of hydrogen-bond donors (Lipinski definition) is 1. The van der Waals surface area contributed by atoms with E-state index in [4.69, 9.17) is 5.73 Å². The lowest BCUT2D eigenvalue weighted by molar-refractivity contribution is -0.129. The molecule has 0 bridgehead atoms. The number of nitrogens with zero attached hydrogens (tertiary/aromatic N) is 1. The largest absolute Gasteiger partial charge is 0.325 e. The fourth-order valence-electron chi connectivity index (χ4n) is 1.50. The van der Waals surface area contributed by atoms with Gasteiger partial charge >= 0.3 is 0 Å². The van der Waals surface area contributed by atoms with Crippen molar-refractivity contribution in [1.29, 1.82) is 0 Å². The van der Waals surface area contributed by atoms with Crippen LogP contribution in [0.4, 0.5) is 10.1 Å². The number of anilines is 1. The minimum Gasteiger partial charge on any atom is -0.325 e. The molecule has 1 amide bonds. The van der Waals surface area contributed by atoms with Crippen molar-refractivity contribution >= 4 is 11.6 Å². The quantitative estimate of drug-likeness (QED) is 0.898. The Morgan fingerprint density at radius 1 is 1.28 bits per heavy atom. The molecule has 2 N–H and O–H groups in total. The Balaban J connectivity index is 3.05. The SMILES string of the molecule is CN(C(=O)C(C)(C)C(C)(C)N)c1cccc(F)c1. The molecule has 1 rings (SSSR count). The summed E-state index contributed by atoms with van der Waals surface area (Å²) in [6.45, 7) is 7.21. The lowest BCUT2D eigenvalue weighted by Crippen LogP contribution is -2.56. The van der Waals surface area contributed by atoms with Gasteiger partial charge in [0.25, 0.3) is 0 Å². The summed E-state index contributed by atoms with van der Waals surface area (Å²) in [7, 11) is 1.63. The molecule has 0 saturated heterocycles. The summed E-state index contributed by atoms with van der Waals surface area (Å²) >= 11 is 0. The van der Waals surface area contributed by atoms with Gasteiger partial charge in [-0.15, -0.1) is 0 Å². The molecule has 0 fully saturated rings. The first kappa shape index (κ1) is 14.6. The minimum absolute atomic E-state index is 0.138. The number of amides is 1. The third kappa shape index (κ3) is 2.70. The van der Waals surface area contributed by atoms with E-state index in [0.29, 0.717) is 5.69 Å². The molecule has 0 heterocycles. The lowest BCUT2D eigenvalue weighted by atomic mass is 9.74. The highest BCUT2D eigenvalue weighted by molar-refractivity contribution is 5.97. The van der Waals surface area contributed by atoms with Gasteiger partial charge in [-0.1, -0.05) is 6.07 Å². The monoisotopic (exact) mass is 252 g/mol. The fraction of sp³-hybridized carbons (Fsp3) is 0.500. The summed E-state index contributed by atoms with van der Waals surface area (Å²) < 4.78 is 13.2. The molecule has 0 aliphatic heterocycles. The van der Waals surface area contributed by atoms with Crippen molar-refractivity contribution in [3.63, 3.8) is 0 Å². The lowest BCUT2D eigenvalue weighted by Gasteiger charge is -2.39. The zero-order valence-corrected chi connectivity index (χ0v) is 11.6. The Hall–Kier alpha value is -1.42. The number of nitrogens with two attached hydrogens (primary N) is 1. The number of carbonyl (C=O) groups excluding carboxylic acids is 1. The normalized spacial score (nSPS) is 12.4. The van der Waals surface area contributed by atoms with E-state index in [0.717, 1.165) is 0 Å². The molecule has 0 aliphatic rings. The second-order valence-corrected chi connectivity index (χ2v) is 5.69. The third-order valence-electron chi connectivity index (χ3n) is 3.65. The number of rotatable bonds is 3. The standard InChI is InChI=1S/C14H21FN2O/c1-13(2,14(3,4)16)12(18)17(5)11-8-6-7-10(15)9-11/h6-9H,16H2,1-5H3. The number of carbonyl (C=O) groups is 1. The molecule has 4 heteroatoms. The van der Waals surface area contributed by atoms with Gasteiger partial charge in [-0.3, -0.25) is 4.79 Å². The van der Waals surface area contributed by atoms with E-state index in [2.05, 4.69) is 0 Å². The molecule has 0 radical (unpaired) electrons. The molecular weight excluding hydrogens is 231 g/mol. The van der Waals surface area contributed by atoms with Crippen molar-refractivity contribution in [3.05, 3.63) is 30.1 Å². The maximum atomic E-state index is 13.2. The van der Waals surface area contributed by atoms with Crippen LogP contribution in [0.2, 0.25) is 0 Å². The van der Waals surface area contributed by atoms with Gasteiger partial charge in [-0.2, -0.15) is 0 Å². The Bertz CT molecular complexity index is 449. The van der Waals surface area contributed by atoms with Crippen LogP contribution in [-0.2, 0) is 4.79 Å². The van der Waals surface area contributed by atoms with Crippen LogP contribution in [0.1, 0.15) is 27.7 Å². The van der Waals surface area contributed by atoms with Crippen molar-refractivity contribution in [2.45, 2.75) is 33.2 Å².